The van der Waals surface area contributed by atoms with Crippen molar-refractivity contribution in [3.8, 4) is 0 Å². The van der Waals surface area contributed by atoms with Crippen LogP contribution in [0.15, 0.2) is 0 Å². The van der Waals surface area contributed by atoms with Crippen molar-refractivity contribution in [1.29, 1.82) is 0 Å². The van der Waals surface area contributed by atoms with Gasteiger partial charge in [0.15, 0.2) is 0 Å². The van der Waals surface area contributed by atoms with E-state index in [4.69, 9.17) is 0 Å². The summed E-state index contributed by atoms with van der Waals surface area (Å²) >= 11 is 0. The highest BCUT2D eigenvalue weighted by atomic mass is 19.3. The molecular weight excluding hydrogens is 86.0 g/mol. The molecule has 0 heterocycles. The molecule has 0 aromatic heterocycles. The second-order valence-corrected chi connectivity index (χ2v) is 1.66. The Kier molecular flexibility index (Phi) is 0.500. The standard InChI is InChI=1S/C4H5F2/c1-3-2-4(3,5)6/h3H,1-2H2/t3-/m0/s1. The lowest BCUT2D eigenvalue weighted by atomic mass is 10.5. The molecule has 1 fully saturated rings. The number of hydrogen-bond donors (Lipinski definition) is 0. The second-order valence-electron chi connectivity index (χ2n) is 1.66. The zero-order valence-corrected chi connectivity index (χ0v) is 3.25. The molecule has 1 saturated carbocycles. The summed E-state index contributed by atoms with van der Waals surface area (Å²) in [4.78, 5) is 0. The summed E-state index contributed by atoms with van der Waals surface area (Å²) in [5, 5.41) is 0. The van der Waals surface area contributed by atoms with E-state index in [0.29, 0.717) is 0 Å². The molecule has 0 amide bonds. The van der Waals surface area contributed by atoms with Crippen LogP contribution in [0.3, 0.4) is 0 Å². The van der Waals surface area contributed by atoms with E-state index in [1.54, 1.807) is 0 Å². The van der Waals surface area contributed by atoms with Gasteiger partial charge in [0.1, 0.15) is 0 Å². The van der Waals surface area contributed by atoms with Gasteiger partial charge >= 0.3 is 0 Å². The molecule has 1 rings (SSSR count). The Morgan fingerprint density at radius 2 is 1.83 bits per heavy atom. The van der Waals surface area contributed by atoms with Gasteiger partial charge in [-0.25, -0.2) is 8.78 Å². The number of hydrogen-bond acceptors (Lipinski definition) is 0. The zero-order chi connectivity index (χ0) is 4.78. The highest BCUT2D eigenvalue weighted by molar-refractivity contribution is 4.96. The molecule has 0 bridgehead atoms. The lowest BCUT2D eigenvalue weighted by Crippen LogP contribution is -1.87. The molecular formula is C4H5F2. The fourth-order valence-corrected chi connectivity index (χ4v) is 0.270. The fraction of sp³-hybridized carbons (Fsp3) is 0.750. The van der Waals surface area contributed by atoms with E-state index in [1.165, 1.54) is 0 Å². The highest BCUT2D eigenvalue weighted by Gasteiger charge is 2.53. The van der Waals surface area contributed by atoms with E-state index in [-0.39, 0.29) is 6.42 Å². The largest absolute Gasteiger partial charge is 0.251 e. The van der Waals surface area contributed by atoms with Gasteiger partial charge in [0, 0.05) is 12.3 Å². The van der Waals surface area contributed by atoms with Crippen LogP contribution in [0.2, 0.25) is 0 Å². The molecule has 1 aliphatic carbocycles. The van der Waals surface area contributed by atoms with Crippen LogP contribution in [-0.2, 0) is 0 Å². The van der Waals surface area contributed by atoms with Gasteiger partial charge in [0.25, 0.3) is 5.92 Å². The molecule has 0 aromatic rings. The minimum atomic E-state index is -2.40. The quantitative estimate of drug-likeness (QED) is 0.423. The van der Waals surface area contributed by atoms with Crippen LogP contribution < -0.4 is 0 Å². The number of alkyl halides is 2. The lowest BCUT2D eigenvalue weighted by Gasteiger charge is -1.82. The van der Waals surface area contributed by atoms with Crippen molar-refractivity contribution in [1.82, 2.24) is 0 Å². The summed E-state index contributed by atoms with van der Waals surface area (Å²) in [7, 11) is 0. The van der Waals surface area contributed by atoms with Crippen LogP contribution >= 0.6 is 0 Å². The van der Waals surface area contributed by atoms with Gasteiger partial charge in [-0.05, 0) is 6.92 Å². The zero-order valence-electron chi connectivity index (χ0n) is 3.25. The third kappa shape index (κ3) is 0.402. The first-order chi connectivity index (χ1) is 2.63. The van der Waals surface area contributed by atoms with Crippen LogP contribution in [0, 0.1) is 12.8 Å². The van der Waals surface area contributed by atoms with E-state index in [2.05, 4.69) is 6.92 Å². The Morgan fingerprint density at radius 1 is 1.67 bits per heavy atom. The molecule has 0 spiro atoms. The van der Waals surface area contributed by atoms with Gasteiger partial charge in [-0.15, -0.1) is 0 Å². The predicted molar refractivity (Wildman–Crippen MR) is 18.4 cm³/mol. The fourth-order valence-electron chi connectivity index (χ4n) is 0.270. The molecule has 2 heteroatoms. The Bertz CT molecular complexity index is 67.9. The van der Waals surface area contributed by atoms with Crippen LogP contribution in [0.25, 0.3) is 0 Å². The van der Waals surface area contributed by atoms with Crippen molar-refractivity contribution in [2.24, 2.45) is 5.92 Å². The molecule has 0 unspecified atom stereocenters. The maximum atomic E-state index is 11.5. The average Bonchev–Trinajstić information content (AvgIpc) is 1.73. The Morgan fingerprint density at radius 3 is 1.83 bits per heavy atom. The summed E-state index contributed by atoms with van der Waals surface area (Å²) < 4.78 is 22.9. The summed E-state index contributed by atoms with van der Waals surface area (Å²) in [6.45, 7) is 3.15. The topological polar surface area (TPSA) is 0 Å². The summed E-state index contributed by atoms with van der Waals surface area (Å²) in [6, 6.07) is 0. The summed E-state index contributed by atoms with van der Waals surface area (Å²) in [6.07, 6.45) is -0.00694. The summed E-state index contributed by atoms with van der Waals surface area (Å²) in [5.74, 6) is -2.99. The number of halogens is 2. The van der Waals surface area contributed by atoms with Gasteiger partial charge in [0.2, 0.25) is 0 Å². The first kappa shape index (κ1) is 4.03. The maximum absolute atomic E-state index is 11.5. The van der Waals surface area contributed by atoms with E-state index in [9.17, 15) is 8.78 Å². The first-order valence-electron chi connectivity index (χ1n) is 1.84. The SMILES string of the molecule is [CH2][C@H]1CC1(F)F. The van der Waals surface area contributed by atoms with Crippen molar-refractivity contribution < 1.29 is 8.78 Å². The van der Waals surface area contributed by atoms with Gasteiger partial charge in [0.05, 0.1) is 0 Å². The Labute approximate surface area is 35.2 Å². The van der Waals surface area contributed by atoms with Crippen LogP contribution in [-0.4, -0.2) is 5.92 Å². The molecule has 1 radical (unpaired) electrons. The van der Waals surface area contributed by atoms with Crippen molar-refractivity contribution >= 4 is 0 Å². The monoisotopic (exact) mass is 91.0 g/mol. The summed E-state index contributed by atoms with van der Waals surface area (Å²) in [5.41, 5.74) is 0. The van der Waals surface area contributed by atoms with Crippen molar-refractivity contribution in [3.63, 3.8) is 0 Å². The predicted octanol–water partition coefficient (Wildman–Crippen LogP) is 1.48. The first-order valence-corrected chi connectivity index (χ1v) is 1.84. The molecule has 1 atom stereocenters. The molecule has 6 heavy (non-hydrogen) atoms. The Balaban J connectivity index is 2.41. The molecule has 0 aromatic carbocycles. The molecule has 1 aliphatic rings. The lowest BCUT2D eigenvalue weighted by molar-refractivity contribution is 0.107. The van der Waals surface area contributed by atoms with Gasteiger partial charge in [-0.1, -0.05) is 0 Å². The van der Waals surface area contributed by atoms with Crippen LogP contribution in [0.5, 0.6) is 0 Å². The van der Waals surface area contributed by atoms with Crippen LogP contribution in [0.4, 0.5) is 8.78 Å². The third-order valence-electron chi connectivity index (χ3n) is 0.956. The molecule has 0 aliphatic heterocycles. The average molecular weight is 91.1 g/mol. The van der Waals surface area contributed by atoms with Gasteiger partial charge < -0.3 is 0 Å². The van der Waals surface area contributed by atoms with E-state index >= 15 is 0 Å². The van der Waals surface area contributed by atoms with Crippen molar-refractivity contribution in [3.05, 3.63) is 6.92 Å². The van der Waals surface area contributed by atoms with Crippen molar-refractivity contribution in [2.45, 2.75) is 12.3 Å². The molecule has 35 valence electrons. The molecule has 0 saturated heterocycles. The van der Waals surface area contributed by atoms with Crippen LogP contribution in [0.1, 0.15) is 6.42 Å². The van der Waals surface area contributed by atoms with E-state index < -0.39 is 11.8 Å². The van der Waals surface area contributed by atoms with Crippen molar-refractivity contribution in [2.75, 3.05) is 0 Å². The smallest absolute Gasteiger partial charge is 0.207 e. The number of rotatable bonds is 0. The maximum Gasteiger partial charge on any atom is 0.251 e. The third-order valence-corrected chi connectivity index (χ3v) is 0.956. The minimum absolute atomic E-state index is 0.00694. The van der Waals surface area contributed by atoms with Gasteiger partial charge in [-0.3, -0.25) is 0 Å². The van der Waals surface area contributed by atoms with Gasteiger partial charge in [-0.2, -0.15) is 0 Å². The Hall–Kier alpha value is -0.140. The molecule has 0 nitrogen and oxygen atoms in total. The molecule has 0 N–H and O–H groups in total. The van der Waals surface area contributed by atoms with E-state index in [0.717, 1.165) is 0 Å². The highest BCUT2D eigenvalue weighted by Crippen LogP contribution is 2.47. The minimum Gasteiger partial charge on any atom is -0.207 e. The normalized spacial score (nSPS) is 39.5. The second kappa shape index (κ2) is 0.745. The van der Waals surface area contributed by atoms with E-state index in [1.807, 2.05) is 0 Å².